The number of fused-ring (bicyclic) bond motifs is 1. The van der Waals surface area contributed by atoms with Crippen LogP contribution in [0.15, 0.2) is 47.3 Å². The predicted molar refractivity (Wildman–Crippen MR) is 188 cm³/mol. The first-order valence-corrected chi connectivity index (χ1v) is 18.6. The summed E-state index contributed by atoms with van der Waals surface area (Å²) >= 11 is 3.62. The second-order valence-corrected chi connectivity index (χ2v) is 15.0. The van der Waals surface area contributed by atoms with E-state index in [4.69, 9.17) is 14.5 Å². The third-order valence-corrected chi connectivity index (χ3v) is 10.6. The van der Waals surface area contributed by atoms with E-state index in [9.17, 15) is 4.79 Å². The fourth-order valence-electron chi connectivity index (χ4n) is 6.08. The van der Waals surface area contributed by atoms with Crippen LogP contribution >= 0.6 is 23.9 Å². The zero-order valence-corrected chi connectivity index (χ0v) is 29.4. The maximum absolute atomic E-state index is 11.6. The Balaban J connectivity index is 1.17. The van der Waals surface area contributed by atoms with Crippen LogP contribution in [0.1, 0.15) is 32.3 Å². The van der Waals surface area contributed by atoms with Crippen molar-refractivity contribution in [3.05, 3.63) is 52.9 Å². The summed E-state index contributed by atoms with van der Waals surface area (Å²) < 4.78 is 13.1. The summed E-state index contributed by atoms with van der Waals surface area (Å²) in [6, 6.07) is 8.51. The zero-order chi connectivity index (χ0) is 32.4. The molecule has 0 unspecified atom stereocenters. The number of methoxy groups -OCH3 is 1. The number of aromatic nitrogens is 4. The minimum absolute atomic E-state index is 0.135. The Labute approximate surface area is 279 Å². The molecule has 11 nitrogen and oxygen atoms in total. The van der Waals surface area contributed by atoms with Crippen LogP contribution in [0.3, 0.4) is 0 Å². The van der Waals surface area contributed by atoms with E-state index in [2.05, 4.69) is 72.7 Å². The predicted octanol–water partition coefficient (Wildman–Crippen LogP) is 5.68. The number of hydrogen-bond donors (Lipinski definition) is 2. The van der Waals surface area contributed by atoms with Gasteiger partial charge in [-0.3, -0.25) is 19.7 Å². The van der Waals surface area contributed by atoms with Gasteiger partial charge in [-0.1, -0.05) is 14.8 Å². The molecule has 2 fully saturated rings. The molecule has 0 saturated carbocycles. The number of likely N-dealkylation sites (tertiary alicyclic amines) is 2. The van der Waals surface area contributed by atoms with Crippen LogP contribution in [0.2, 0.25) is 0 Å². The van der Waals surface area contributed by atoms with Crippen molar-refractivity contribution in [1.82, 2.24) is 29.7 Å². The van der Waals surface area contributed by atoms with Crippen LogP contribution in [0.4, 0.5) is 23.1 Å². The van der Waals surface area contributed by atoms with Crippen molar-refractivity contribution in [3.63, 3.8) is 0 Å². The molecule has 0 aliphatic carbocycles. The number of hydrogen-bond acceptors (Lipinski definition) is 10. The first-order chi connectivity index (χ1) is 22.2. The Morgan fingerprint density at radius 1 is 1.04 bits per heavy atom. The fraction of sp³-hybridized carbons (Fsp3) is 0.424. The first-order valence-electron chi connectivity index (χ1n) is 15.6. The Kier molecular flexibility index (Phi) is 9.86. The van der Waals surface area contributed by atoms with Crippen molar-refractivity contribution < 1.29 is 14.3 Å². The smallest absolute Gasteiger partial charge is 0.229 e. The van der Waals surface area contributed by atoms with Crippen molar-refractivity contribution in [2.45, 2.75) is 45.3 Å². The second-order valence-electron chi connectivity index (χ2n) is 11.9. The van der Waals surface area contributed by atoms with E-state index in [-0.39, 0.29) is 12.0 Å². The lowest BCUT2D eigenvalue weighted by Crippen LogP contribution is -2.62. The highest BCUT2D eigenvalue weighted by atomic mass is 79.9. The van der Waals surface area contributed by atoms with E-state index >= 15 is 0 Å². The molecule has 6 rings (SSSR count). The largest absolute Gasteiger partial charge is 0.494 e. The number of ether oxygens (including phenoxy) is 2. The second kappa shape index (κ2) is 14.0. The number of carbonyl (C=O) groups is 1. The monoisotopic (exact) mass is 706 g/mol. The van der Waals surface area contributed by atoms with Gasteiger partial charge in [-0.25, -0.2) is 4.98 Å². The van der Waals surface area contributed by atoms with Crippen LogP contribution in [0.5, 0.6) is 11.5 Å². The number of anilines is 4. The standard InChI is InChI=1S/C33H40BrN8O3P/c1-6-21-15-27(29(44-3)16-28(21)45-23-9-13-41(14-10-23)22-18-42(19-22)20(2)43)39-33-37-17-24(34)32(40-33)38-26-8-7-25-30(31(26)46(4)5)36-12-11-35-25/h7-8,11-12,15-17,22-23H,6,9-10,13-14,18-19H2,1-5H3,(H2,37,38,39,40). The molecule has 2 N–H and O–H groups in total. The van der Waals surface area contributed by atoms with Crippen LogP contribution in [-0.2, 0) is 11.2 Å². The maximum Gasteiger partial charge on any atom is 0.229 e. The quantitative estimate of drug-likeness (QED) is 0.200. The van der Waals surface area contributed by atoms with E-state index in [0.717, 1.165) is 88.9 Å². The van der Waals surface area contributed by atoms with Crippen LogP contribution in [0, 0.1) is 0 Å². The molecule has 0 atom stereocenters. The van der Waals surface area contributed by atoms with Gasteiger partial charge in [0.15, 0.2) is 0 Å². The Morgan fingerprint density at radius 2 is 1.80 bits per heavy atom. The Hall–Kier alpha value is -3.60. The highest BCUT2D eigenvalue weighted by Gasteiger charge is 2.35. The molecule has 242 valence electrons. The summed E-state index contributed by atoms with van der Waals surface area (Å²) in [4.78, 5) is 34.4. The minimum Gasteiger partial charge on any atom is -0.494 e. The van der Waals surface area contributed by atoms with E-state index in [1.165, 1.54) is 0 Å². The van der Waals surface area contributed by atoms with Gasteiger partial charge in [-0.05, 0) is 72.3 Å². The molecule has 2 saturated heterocycles. The number of nitrogens with one attached hydrogen (secondary N) is 2. The average molecular weight is 708 g/mol. The molecule has 0 spiro atoms. The summed E-state index contributed by atoms with van der Waals surface area (Å²) in [5.74, 6) is 2.73. The maximum atomic E-state index is 11.6. The number of nitrogens with zero attached hydrogens (tertiary/aromatic N) is 6. The van der Waals surface area contributed by atoms with Gasteiger partial charge in [0.1, 0.15) is 23.4 Å². The van der Waals surface area contributed by atoms with Crippen molar-refractivity contribution in [3.8, 4) is 11.5 Å². The fourth-order valence-corrected chi connectivity index (χ4v) is 7.58. The molecule has 1 amide bonds. The van der Waals surface area contributed by atoms with Gasteiger partial charge in [0, 0.05) is 74.8 Å². The number of piperidine rings is 1. The minimum atomic E-state index is -0.482. The van der Waals surface area contributed by atoms with Gasteiger partial charge in [-0.2, -0.15) is 4.98 Å². The lowest BCUT2D eigenvalue weighted by atomic mass is 10.0. The molecular weight excluding hydrogens is 667 g/mol. The number of rotatable bonds is 10. The molecule has 0 bridgehead atoms. The molecule has 2 aliphatic heterocycles. The van der Waals surface area contributed by atoms with Gasteiger partial charge in [-0.15, -0.1) is 0 Å². The van der Waals surface area contributed by atoms with E-state index in [0.29, 0.717) is 23.6 Å². The molecule has 2 aromatic heterocycles. The molecule has 13 heteroatoms. The summed E-state index contributed by atoms with van der Waals surface area (Å²) in [7, 11) is 1.18. The average Bonchev–Trinajstić information content (AvgIpc) is 3.02. The lowest BCUT2D eigenvalue weighted by Gasteiger charge is -2.47. The highest BCUT2D eigenvalue weighted by Crippen LogP contribution is 2.38. The Bertz CT molecular complexity index is 1730. The van der Waals surface area contributed by atoms with E-state index < -0.39 is 7.92 Å². The van der Waals surface area contributed by atoms with Gasteiger partial charge < -0.3 is 25.0 Å². The van der Waals surface area contributed by atoms with Crippen LogP contribution in [-0.4, -0.2) is 94.4 Å². The third kappa shape index (κ3) is 6.89. The van der Waals surface area contributed by atoms with Crippen LogP contribution in [0.25, 0.3) is 11.0 Å². The molecule has 4 aromatic rings. The summed E-state index contributed by atoms with van der Waals surface area (Å²) in [5.41, 5.74) is 4.56. The molecule has 2 aliphatic rings. The summed E-state index contributed by atoms with van der Waals surface area (Å²) in [6.45, 7) is 11.8. The van der Waals surface area contributed by atoms with Crippen molar-refractivity contribution in [1.29, 1.82) is 0 Å². The van der Waals surface area contributed by atoms with Crippen LogP contribution < -0.4 is 25.4 Å². The topological polar surface area (TPSA) is 118 Å². The molecule has 46 heavy (non-hydrogen) atoms. The van der Waals surface area contributed by atoms with Crippen molar-refractivity contribution >= 4 is 69.2 Å². The first kappa shape index (κ1) is 32.3. The molecule has 4 heterocycles. The van der Waals surface area contributed by atoms with Gasteiger partial charge >= 0.3 is 0 Å². The lowest BCUT2D eigenvalue weighted by molar-refractivity contribution is -0.136. The highest BCUT2D eigenvalue weighted by molar-refractivity contribution is 9.10. The number of halogens is 1. The number of benzene rings is 2. The van der Waals surface area contributed by atoms with Crippen molar-refractivity contribution in [2.24, 2.45) is 0 Å². The van der Waals surface area contributed by atoms with Gasteiger partial charge in [0.05, 0.1) is 28.3 Å². The summed E-state index contributed by atoms with van der Waals surface area (Å²) in [6.07, 6.45) is 8.02. The number of amides is 1. The normalized spacial score (nSPS) is 16.0. The third-order valence-electron chi connectivity index (χ3n) is 8.66. The van der Waals surface area contributed by atoms with Gasteiger partial charge in [0.25, 0.3) is 0 Å². The van der Waals surface area contributed by atoms with Crippen molar-refractivity contribution in [2.75, 3.05) is 57.3 Å². The zero-order valence-electron chi connectivity index (χ0n) is 26.9. The molecule has 2 aromatic carbocycles. The van der Waals surface area contributed by atoms with E-state index in [1.54, 1.807) is 32.6 Å². The number of aryl methyl sites for hydroxylation is 1. The molecular formula is C33H40BrN8O3P. The number of carbonyl (C=O) groups excluding carboxylic acids is 1. The molecule has 0 radical (unpaired) electrons. The SMILES string of the molecule is CCc1cc(Nc2ncc(Br)c(Nc3ccc4nccnc4c3P(C)C)n2)c(OC)cc1OC1CCN(C2CN(C(C)=O)C2)CC1. The van der Waals surface area contributed by atoms with Gasteiger partial charge in [0.2, 0.25) is 11.9 Å². The summed E-state index contributed by atoms with van der Waals surface area (Å²) in [5, 5.41) is 8.02. The van der Waals surface area contributed by atoms with E-state index in [1.807, 2.05) is 23.1 Å². The Morgan fingerprint density at radius 3 is 2.50 bits per heavy atom.